The Kier molecular flexibility index (Phi) is 2.60. The maximum atomic E-state index is 5.55. The number of rotatable bonds is 3. The summed E-state index contributed by atoms with van der Waals surface area (Å²) in [4.78, 5) is 15.2. The summed E-state index contributed by atoms with van der Waals surface area (Å²) in [5.74, 6) is 0.940. The molecule has 0 bridgehead atoms. The van der Waals surface area contributed by atoms with Crippen molar-refractivity contribution in [2.24, 2.45) is 5.73 Å². The molecule has 0 saturated heterocycles. The van der Waals surface area contributed by atoms with Gasteiger partial charge in [-0.25, -0.2) is 9.97 Å². The van der Waals surface area contributed by atoms with Crippen molar-refractivity contribution in [2.75, 3.05) is 6.54 Å². The fourth-order valence-corrected chi connectivity index (χ4v) is 2.14. The van der Waals surface area contributed by atoms with Crippen LogP contribution >= 0.6 is 0 Å². The van der Waals surface area contributed by atoms with Gasteiger partial charge in [0.1, 0.15) is 5.82 Å². The van der Waals surface area contributed by atoms with Crippen molar-refractivity contribution < 1.29 is 0 Å². The van der Waals surface area contributed by atoms with Crippen molar-refractivity contribution in [3.05, 3.63) is 36.0 Å². The zero-order valence-corrected chi connectivity index (χ0v) is 10.2. The minimum atomic E-state index is 0.603. The van der Waals surface area contributed by atoms with Gasteiger partial charge in [0.25, 0.3) is 0 Å². The van der Waals surface area contributed by atoms with Gasteiger partial charge >= 0.3 is 0 Å². The van der Waals surface area contributed by atoms with Crippen LogP contribution < -0.4 is 5.73 Å². The number of hydrogen-bond donors (Lipinski definition) is 3. The van der Waals surface area contributed by atoms with E-state index in [4.69, 9.17) is 5.73 Å². The SMILES string of the molecule is Cc1[nH]c(CCN)nc1-c1ccc2nc[nH]c2c1. The molecule has 2 heterocycles. The highest BCUT2D eigenvalue weighted by Crippen LogP contribution is 2.24. The lowest BCUT2D eigenvalue weighted by molar-refractivity contribution is 0.891. The Hall–Kier alpha value is -2.14. The van der Waals surface area contributed by atoms with Gasteiger partial charge in [0, 0.05) is 17.7 Å². The Balaban J connectivity index is 2.07. The van der Waals surface area contributed by atoms with Crippen molar-refractivity contribution in [2.45, 2.75) is 13.3 Å². The Labute approximate surface area is 104 Å². The maximum absolute atomic E-state index is 5.55. The minimum absolute atomic E-state index is 0.603. The Morgan fingerprint density at radius 3 is 3.06 bits per heavy atom. The molecule has 3 rings (SSSR count). The minimum Gasteiger partial charge on any atom is -0.346 e. The van der Waals surface area contributed by atoms with Crippen LogP contribution in [0.4, 0.5) is 0 Å². The Morgan fingerprint density at radius 1 is 1.33 bits per heavy atom. The molecule has 18 heavy (non-hydrogen) atoms. The van der Waals surface area contributed by atoms with Crippen LogP contribution in [0.25, 0.3) is 22.3 Å². The Morgan fingerprint density at radius 2 is 2.22 bits per heavy atom. The lowest BCUT2D eigenvalue weighted by Gasteiger charge is -1.98. The monoisotopic (exact) mass is 241 g/mol. The number of hydrogen-bond acceptors (Lipinski definition) is 3. The van der Waals surface area contributed by atoms with E-state index in [0.29, 0.717) is 6.54 Å². The summed E-state index contributed by atoms with van der Waals surface area (Å²) in [6, 6.07) is 6.11. The number of imidazole rings is 2. The molecular formula is C13H15N5. The second kappa shape index (κ2) is 4.27. The quantitative estimate of drug-likeness (QED) is 0.653. The van der Waals surface area contributed by atoms with Gasteiger partial charge in [0.15, 0.2) is 0 Å². The Bertz CT molecular complexity index is 680. The van der Waals surface area contributed by atoms with E-state index in [9.17, 15) is 0 Å². The zero-order chi connectivity index (χ0) is 12.5. The molecule has 0 aliphatic rings. The highest BCUT2D eigenvalue weighted by molar-refractivity contribution is 5.81. The summed E-state index contributed by atoms with van der Waals surface area (Å²) in [6.07, 6.45) is 2.47. The van der Waals surface area contributed by atoms with Crippen LogP contribution in [-0.4, -0.2) is 26.5 Å². The van der Waals surface area contributed by atoms with Crippen molar-refractivity contribution in [1.29, 1.82) is 0 Å². The standard InChI is InChI=1S/C13H15N5/c1-8-13(18-12(17-8)4-5-14)9-2-3-10-11(6-9)16-7-15-10/h2-3,6-7H,4-5,14H2,1H3,(H,15,16)(H,17,18). The summed E-state index contributed by atoms with van der Waals surface area (Å²) in [5, 5.41) is 0. The molecule has 5 heteroatoms. The molecule has 0 radical (unpaired) electrons. The molecule has 0 aliphatic heterocycles. The summed E-state index contributed by atoms with van der Waals surface area (Å²) < 4.78 is 0. The first kappa shape index (κ1) is 11.0. The molecule has 92 valence electrons. The van der Waals surface area contributed by atoms with Crippen LogP contribution in [-0.2, 0) is 6.42 Å². The smallest absolute Gasteiger partial charge is 0.108 e. The molecule has 0 atom stereocenters. The topological polar surface area (TPSA) is 83.4 Å². The normalized spacial score (nSPS) is 11.2. The average molecular weight is 241 g/mol. The third-order valence-corrected chi connectivity index (χ3v) is 3.01. The molecule has 5 nitrogen and oxygen atoms in total. The van der Waals surface area contributed by atoms with Gasteiger partial charge in [-0.2, -0.15) is 0 Å². The highest BCUT2D eigenvalue weighted by atomic mass is 14.9. The van der Waals surface area contributed by atoms with Crippen LogP contribution in [0.5, 0.6) is 0 Å². The molecule has 1 aromatic carbocycles. The molecule has 0 unspecified atom stereocenters. The number of aromatic amines is 2. The summed E-state index contributed by atoms with van der Waals surface area (Å²) in [7, 11) is 0. The third kappa shape index (κ3) is 1.78. The maximum Gasteiger partial charge on any atom is 0.108 e. The van der Waals surface area contributed by atoms with E-state index >= 15 is 0 Å². The van der Waals surface area contributed by atoms with E-state index in [1.807, 2.05) is 19.1 Å². The predicted octanol–water partition coefficient (Wildman–Crippen LogP) is 1.76. The summed E-state index contributed by atoms with van der Waals surface area (Å²) >= 11 is 0. The number of nitrogens with zero attached hydrogens (tertiary/aromatic N) is 2. The van der Waals surface area contributed by atoms with Gasteiger partial charge in [-0.1, -0.05) is 6.07 Å². The highest BCUT2D eigenvalue weighted by Gasteiger charge is 2.09. The molecule has 0 spiro atoms. The fourth-order valence-electron chi connectivity index (χ4n) is 2.14. The van der Waals surface area contributed by atoms with Crippen LogP contribution in [0, 0.1) is 6.92 Å². The van der Waals surface area contributed by atoms with Gasteiger partial charge in [-0.15, -0.1) is 0 Å². The molecule has 0 fully saturated rings. The number of nitrogens with two attached hydrogens (primary N) is 1. The van der Waals surface area contributed by atoms with E-state index in [2.05, 4.69) is 26.0 Å². The first-order valence-corrected chi connectivity index (χ1v) is 5.97. The van der Waals surface area contributed by atoms with Crippen molar-refractivity contribution in [3.63, 3.8) is 0 Å². The van der Waals surface area contributed by atoms with E-state index in [0.717, 1.165) is 40.2 Å². The molecule has 3 aromatic rings. The predicted molar refractivity (Wildman–Crippen MR) is 71.2 cm³/mol. The van der Waals surface area contributed by atoms with Crippen LogP contribution in [0.15, 0.2) is 24.5 Å². The van der Waals surface area contributed by atoms with E-state index in [1.54, 1.807) is 6.33 Å². The summed E-state index contributed by atoms with van der Waals surface area (Å²) in [6.45, 7) is 2.63. The van der Waals surface area contributed by atoms with Crippen LogP contribution in [0.2, 0.25) is 0 Å². The summed E-state index contributed by atoms with van der Waals surface area (Å²) in [5.41, 5.74) is 10.7. The van der Waals surface area contributed by atoms with Gasteiger partial charge in [0.05, 0.1) is 23.1 Å². The first-order chi connectivity index (χ1) is 8.78. The second-order valence-corrected chi connectivity index (χ2v) is 4.33. The number of benzene rings is 1. The number of nitrogens with one attached hydrogen (secondary N) is 2. The van der Waals surface area contributed by atoms with Gasteiger partial charge in [-0.3, -0.25) is 0 Å². The first-order valence-electron chi connectivity index (χ1n) is 5.97. The molecule has 0 saturated carbocycles. The molecule has 4 N–H and O–H groups in total. The number of aryl methyl sites for hydroxylation is 1. The second-order valence-electron chi connectivity index (χ2n) is 4.33. The van der Waals surface area contributed by atoms with E-state index in [-0.39, 0.29) is 0 Å². The molecule has 0 aliphatic carbocycles. The fraction of sp³-hybridized carbons (Fsp3) is 0.231. The van der Waals surface area contributed by atoms with Gasteiger partial charge < -0.3 is 15.7 Å². The lowest BCUT2D eigenvalue weighted by Crippen LogP contribution is -2.03. The number of fused-ring (bicyclic) bond motifs is 1. The van der Waals surface area contributed by atoms with Crippen molar-refractivity contribution in [1.82, 2.24) is 19.9 Å². The van der Waals surface area contributed by atoms with Gasteiger partial charge in [0.2, 0.25) is 0 Å². The average Bonchev–Trinajstić information content (AvgIpc) is 2.95. The molecular weight excluding hydrogens is 226 g/mol. The largest absolute Gasteiger partial charge is 0.346 e. The van der Waals surface area contributed by atoms with Gasteiger partial charge in [-0.05, 0) is 25.6 Å². The van der Waals surface area contributed by atoms with E-state index in [1.165, 1.54) is 0 Å². The molecule has 2 aromatic heterocycles. The number of H-pyrrole nitrogens is 2. The van der Waals surface area contributed by atoms with Crippen molar-refractivity contribution in [3.8, 4) is 11.3 Å². The van der Waals surface area contributed by atoms with Crippen LogP contribution in [0.3, 0.4) is 0 Å². The lowest BCUT2D eigenvalue weighted by atomic mass is 10.1. The molecule has 0 amide bonds. The van der Waals surface area contributed by atoms with Crippen LogP contribution in [0.1, 0.15) is 11.5 Å². The zero-order valence-electron chi connectivity index (χ0n) is 10.2. The number of aromatic nitrogens is 4. The third-order valence-electron chi connectivity index (χ3n) is 3.01. The van der Waals surface area contributed by atoms with E-state index < -0.39 is 0 Å². The van der Waals surface area contributed by atoms with Crippen molar-refractivity contribution >= 4 is 11.0 Å².